The minimum Gasteiger partial charge on any atom is -0.389 e. The molecule has 0 aliphatic heterocycles. The van der Waals surface area contributed by atoms with Crippen LogP contribution in [0.25, 0.3) is 10.9 Å². The van der Waals surface area contributed by atoms with Gasteiger partial charge in [0.15, 0.2) is 0 Å². The van der Waals surface area contributed by atoms with Crippen LogP contribution in [0.2, 0.25) is 0 Å². The van der Waals surface area contributed by atoms with Gasteiger partial charge in [-0.15, -0.1) is 0 Å². The summed E-state index contributed by atoms with van der Waals surface area (Å²) in [6, 6.07) is 9.36. The molecule has 3 nitrogen and oxygen atoms in total. The largest absolute Gasteiger partial charge is 0.389 e. The predicted octanol–water partition coefficient (Wildman–Crippen LogP) is 1.87. The number of rotatable bonds is 1. The molecule has 0 spiro atoms. The van der Waals surface area contributed by atoms with Crippen molar-refractivity contribution in [3.8, 4) is 0 Å². The summed E-state index contributed by atoms with van der Waals surface area (Å²) < 4.78 is 0. The number of hydrogen-bond donors (Lipinski definition) is 2. The molecule has 0 radical (unpaired) electrons. The van der Waals surface area contributed by atoms with Crippen molar-refractivity contribution in [3.63, 3.8) is 0 Å². The Morgan fingerprint density at radius 1 is 1.36 bits per heavy atom. The summed E-state index contributed by atoms with van der Waals surface area (Å²) in [7, 11) is 0. The molecule has 0 fully saturated rings. The van der Waals surface area contributed by atoms with Crippen LogP contribution in [0.5, 0.6) is 0 Å². The zero-order valence-corrected chi connectivity index (χ0v) is 7.94. The fraction of sp³-hybridized carbons (Fsp3) is 0.182. The zero-order chi connectivity index (χ0) is 10.1. The molecule has 0 bridgehead atoms. The summed E-state index contributed by atoms with van der Waals surface area (Å²) in [5.74, 6) is 0.444. The summed E-state index contributed by atoms with van der Waals surface area (Å²) in [6.07, 6.45) is -0.523. The highest BCUT2D eigenvalue weighted by atomic mass is 16.3. The van der Waals surface area contributed by atoms with Crippen molar-refractivity contribution < 1.29 is 5.11 Å². The summed E-state index contributed by atoms with van der Waals surface area (Å²) in [5.41, 5.74) is 7.29. The van der Waals surface area contributed by atoms with Crippen molar-refractivity contribution in [2.45, 2.75) is 13.0 Å². The third kappa shape index (κ3) is 1.42. The monoisotopic (exact) mass is 188 g/mol. The number of nitrogens with zero attached hydrogens (tertiary/aromatic N) is 1. The molecule has 1 aromatic carbocycles. The van der Waals surface area contributed by atoms with Crippen LogP contribution in [-0.2, 0) is 0 Å². The molecule has 1 unspecified atom stereocenters. The lowest BCUT2D eigenvalue weighted by molar-refractivity contribution is 0.201. The summed E-state index contributed by atoms with van der Waals surface area (Å²) in [4.78, 5) is 4.19. The fourth-order valence-electron chi connectivity index (χ4n) is 1.57. The Morgan fingerprint density at radius 2 is 2.07 bits per heavy atom. The van der Waals surface area contributed by atoms with Crippen molar-refractivity contribution in [1.82, 2.24) is 4.98 Å². The second kappa shape index (κ2) is 3.27. The highest BCUT2D eigenvalue weighted by Gasteiger charge is 2.07. The van der Waals surface area contributed by atoms with E-state index in [0.717, 1.165) is 16.5 Å². The van der Waals surface area contributed by atoms with Crippen LogP contribution in [0.4, 0.5) is 5.82 Å². The van der Waals surface area contributed by atoms with Crippen LogP contribution in [0.15, 0.2) is 30.3 Å². The van der Waals surface area contributed by atoms with E-state index in [0.29, 0.717) is 5.82 Å². The highest BCUT2D eigenvalue weighted by Crippen LogP contribution is 2.24. The molecule has 3 heteroatoms. The van der Waals surface area contributed by atoms with E-state index in [2.05, 4.69) is 4.98 Å². The molecule has 2 aromatic rings. The topological polar surface area (TPSA) is 59.1 Å². The Hall–Kier alpha value is -1.61. The lowest BCUT2D eigenvalue weighted by Gasteiger charge is -2.09. The molecule has 0 aliphatic carbocycles. The van der Waals surface area contributed by atoms with Crippen LogP contribution in [0.3, 0.4) is 0 Å². The van der Waals surface area contributed by atoms with Gasteiger partial charge in [0, 0.05) is 5.39 Å². The number of aliphatic hydroxyl groups is 1. The Labute approximate surface area is 82.2 Å². The number of fused-ring (bicyclic) bond motifs is 1. The van der Waals surface area contributed by atoms with E-state index in [9.17, 15) is 5.11 Å². The SMILES string of the molecule is CC(O)c1cc(N)nc2ccccc12. The molecule has 72 valence electrons. The van der Waals surface area contributed by atoms with Gasteiger partial charge in [0.2, 0.25) is 0 Å². The maximum absolute atomic E-state index is 9.56. The maximum atomic E-state index is 9.56. The van der Waals surface area contributed by atoms with Crippen molar-refractivity contribution in [2.75, 3.05) is 5.73 Å². The van der Waals surface area contributed by atoms with Crippen molar-refractivity contribution in [3.05, 3.63) is 35.9 Å². The van der Waals surface area contributed by atoms with Crippen molar-refractivity contribution in [2.24, 2.45) is 0 Å². The van der Waals surface area contributed by atoms with Gasteiger partial charge in [0.25, 0.3) is 0 Å². The van der Waals surface area contributed by atoms with Gasteiger partial charge in [-0.3, -0.25) is 0 Å². The van der Waals surface area contributed by atoms with Crippen LogP contribution in [0.1, 0.15) is 18.6 Å². The van der Waals surface area contributed by atoms with E-state index in [1.165, 1.54) is 0 Å². The van der Waals surface area contributed by atoms with Crippen LogP contribution in [-0.4, -0.2) is 10.1 Å². The molecule has 0 saturated carbocycles. The molecule has 0 aliphatic rings. The number of anilines is 1. The quantitative estimate of drug-likeness (QED) is 0.718. The second-order valence-corrected chi connectivity index (χ2v) is 3.33. The van der Waals surface area contributed by atoms with Crippen LogP contribution < -0.4 is 5.73 Å². The molecule has 1 heterocycles. The average Bonchev–Trinajstić information content (AvgIpc) is 2.16. The lowest BCUT2D eigenvalue weighted by atomic mass is 10.1. The van der Waals surface area contributed by atoms with Gasteiger partial charge >= 0.3 is 0 Å². The van der Waals surface area contributed by atoms with Crippen molar-refractivity contribution in [1.29, 1.82) is 0 Å². The van der Waals surface area contributed by atoms with Crippen LogP contribution in [0, 0.1) is 0 Å². The van der Waals surface area contributed by atoms with E-state index < -0.39 is 6.10 Å². The van der Waals surface area contributed by atoms with E-state index in [1.54, 1.807) is 13.0 Å². The van der Waals surface area contributed by atoms with Gasteiger partial charge in [0.05, 0.1) is 11.6 Å². The van der Waals surface area contributed by atoms with Gasteiger partial charge in [-0.2, -0.15) is 0 Å². The number of hydrogen-bond acceptors (Lipinski definition) is 3. The maximum Gasteiger partial charge on any atom is 0.124 e. The number of nitrogens with two attached hydrogens (primary N) is 1. The smallest absolute Gasteiger partial charge is 0.124 e. The highest BCUT2D eigenvalue weighted by molar-refractivity contribution is 5.84. The molecular formula is C11H12N2O. The average molecular weight is 188 g/mol. The third-order valence-electron chi connectivity index (χ3n) is 2.22. The molecule has 14 heavy (non-hydrogen) atoms. The second-order valence-electron chi connectivity index (χ2n) is 3.33. The van der Waals surface area contributed by atoms with Gasteiger partial charge in [-0.25, -0.2) is 4.98 Å². The van der Waals surface area contributed by atoms with Crippen LogP contribution >= 0.6 is 0 Å². The third-order valence-corrected chi connectivity index (χ3v) is 2.22. The molecule has 3 N–H and O–H groups in total. The number of para-hydroxylation sites is 1. The van der Waals surface area contributed by atoms with Gasteiger partial charge in [-0.05, 0) is 24.6 Å². The Morgan fingerprint density at radius 3 is 2.79 bits per heavy atom. The van der Waals surface area contributed by atoms with Gasteiger partial charge in [-0.1, -0.05) is 18.2 Å². The molecular weight excluding hydrogens is 176 g/mol. The Kier molecular flexibility index (Phi) is 2.09. The Balaban J connectivity index is 2.80. The van der Waals surface area contributed by atoms with Gasteiger partial charge < -0.3 is 10.8 Å². The first kappa shape index (κ1) is 8.97. The lowest BCUT2D eigenvalue weighted by Crippen LogP contribution is -1.98. The molecule has 1 aromatic heterocycles. The minimum absolute atomic E-state index is 0.444. The predicted molar refractivity (Wildman–Crippen MR) is 56.8 cm³/mol. The summed E-state index contributed by atoms with van der Waals surface area (Å²) in [6.45, 7) is 1.72. The van der Waals surface area contributed by atoms with Crippen molar-refractivity contribution >= 4 is 16.7 Å². The first-order valence-corrected chi connectivity index (χ1v) is 4.51. The molecule has 2 rings (SSSR count). The molecule has 0 amide bonds. The molecule has 1 atom stereocenters. The number of benzene rings is 1. The Bertz CT molecular complexity index is 466. The first-order chi connectivity index (χ1) is 6.68. The van der Waals surface area contributed by atoms with E-state index in [1.807, 2.05) is 24.3 Å². The van der Waals surface area contributed by atoms with E-state index >= 15 is 0 Å². The van der Waals surface area contributed by atoms with Gasteiger partial charge in [0.1, 0.15) is 5.82 Å². The van der Waals surface area contributed by atoms with E-state index in [4.69, 9.17) is 5.73 Å². The number of nitrogen functional groups attached to an aromatic ring is 1. The minimum atomic E-state index is -0.523. The molecule has 0 saturated heterocycles. The normalized spacial score (nSPS) is 13.0. The fourth-order valence-corrected chi connectivity index (χ4v) is 1.57. The number of aliphatic hydroxyl groups excluding tert-OH is 1. The number of pyridine rings is 1. The first-order valence-electron chi connectivity index (χ1n) is 4.51. The summed E-state index contributed by atoms with van der Waals surface area (Å²) in [5, 5.41) is 10.5. The zero-order valence-electron chi connectivity index (χ0n) is 7.94. The standard InChI is InChI=1S/C11H12N2O/c1-7(14)9-6-11(12)13-10-5-3-2-4-8(9)10/h2-7,14H,1H3,(H2,12,13). The number of aromatic nitrogens is 1. The van der Waals surface area contributed by atoms with E-state index in [-0.39, 0.29) is 0 Å². The summed E-state index contributed by atoms with van der Waals surface area (Å²) >= 11 is 0.